The van der Waals surface area contributed by atoms with Gasteiger partial charge in [-0.2, -0.15) is 0 Å². The summed E-state index contributed by atoms with van der Waals surface area (Å²) in [6.45, 7) is 0.239. The van der Waals surface area contributed by atoms with Crippen molar-refractivity contribution in [2.75, 3.05) is 18.8 Å². The zero-order valence-corrected chi connectivity index (χ0v) is 20.9. The smallest absolute Gasteiger partial charge is 0.257 e. The monoisotopic (exact) mass is 584 g/mol. The van der Waals surface area contributed by atoms with Gasteiger partial charge in [-0.25, -0.2) is 4.90 Å². The number of imide groups is 1. The highest BCUT2D eigenvalue weighted by atomic mass is 127. The lowest BCUT2D eigenvalue weighted by Gasteiger charge is -2.28. The third-order valence-corrected chi connectivity index (χ3v) is 6.67. The standard InChI is InChI=1S/C26H21IN2O6/c1-33-20-4-2-3-17(12-20)25(31)28(14-16-5-10-22-23(11-16)35-15-34-22)21-13-24(30)29(26(21)32)19-8-6-18(27)7-9-19/h2-12,21H,13-15H2,1H3. The fourth-order valence-electron chi connectivity index (χ4n) is 4.20. The van der Waals surface area contributed by atoms with E-state index in [2.05, 4.69) is 22.6 Å². The molecule has 5 rings (SSSR count). The average molecular weight is 584 g/mol. The predicted octanol–water partition coefficient (Wildman–Crippen LogP) is 4.00. The number of methoxy groups -OCH3 is 1. The highest BCUT2D eigenvalue weighted by Gasteiger charge is 2.44. The topological polar surface area (TPSA) is 85.4 Å². The van der Waals surface area contributed by atoms with E-state index in [1.807, 2.05) is 18.2 Å². The molecule has 0 aromatic heterocycles. The molecule has 3 amide bonds. The normalized spacial score (nSPS) is 16.5. The molecule has 35 heavy (non-hydrogen) atoms. The third kappa shape index (κ3) is 4.55. The maximum Gasteiger partial charge on any atom is 0.257 e. The molecule has 2 aliphatic heterocycles. The van der Waals surface area contributed by atoms with Crippen molar-refractivity contribution in [3.8, 4) is 17.2 Å². The van der Waals surface area contributed by atoms with Crippen molar-refractivity contribution in [1.29, 1.82) is 0 Å². The zero-order valence-electron chi connectivity index (χ0n) is 18.8. The van der Waals surface area contributed by atoms with Gasteiger partial charge < -0.3 is 19.1 Å². The molecule has 1 unspecified atom stereocenters. The summed E-state index contributed by atoms with van der Waals surface area (Å²) in [6.07, 6.45) is -0.106. The van der Waals surface area contributed by atoms with Gasteiger partial charge in [-0.1, -0.05) is 12.1 Å². The number of nitrogens with zero attached hydrogens (tertiary/aromatic N) is 2. The molecule has 0 N–H and O–H groups in total. The zero-order chi connectivity index (χ0) is 24.5. The van der Waals surface area contributed by atoms with Gasteiger partial charge in [-0.15, -0.1) is 0 Å². The number of ether oxygens (including phenoxy) is 3. The van der Waals surface area contributed by atoms with E-state index in [1.54, 1.807) is 48.5 Å². The van der Waals surface area contributed by atoms with Crippen LogP contribution in [0.3, 0.4) is 0 Å². The minimum Gasteiger partial charge on any atom is -0.497 e. The number of rotatable bonds is 6. The lowest BCUT2D eigenvalue weighted by molar-refractivity contribution is -0.122. The second-order valence-corrected chi connectivity index (χ2v) is 9.36. The minimum absolute atomic E-state index is 0.106. The van der Waals surface area contributed by atoms with Crippen molar-refractivity contribution in [2.45, 2.75) is 19.0 Å². The molecule has 178 valence electrons. The van der Waals surface area contributed by atoms with Crippen LogP contribution < -0.4 is 19.1 Å². The Kier molecular flexibility index (Phi) is 6.33. The van der Waals surface area contributed by atoms with Crippen LogP contribution in [-0.2, 0) is 16.1 Å². The number of benzene rings is 3. The number of carbonyl (C=O) groups excluding carboxylic acids is 3. The summed E-state index contributed by atoms with van der Waals surface area (Å²) in [5.41, 5.74) is 1.59. The first-order valence-corrected chi connectivity index (χ1v) is 12.0. The number of carbonyl (C=O) groups is 3. The highest BCUT2D eigenvalue weighted by molar-refractivity contribution is 14.1. The Bertz CT molecular complexity index is 1310. The SMILES string of the molecule is COc1cccc(C(=O)N(Cc2ccc3c(c2)OCO3)C2CC(=O)N(c3ccc(I)cc3)C2=O)c1. The van der Waals surface area contributed by atoms with Crippen LogP contribution in [0, 0.1) is 3.57 Å². The molecule has 0 saturated carbocycles. The van der Waals surface area contributed by atoms with Crippen LogP contribution in [0.1, 0.15) is 22.3 Å². The van der Waals surface area contributed by atoms with Gasteiger partial charge in [0, 0.05) is 15.7 Å². The van der Waals surface area contributed by atoms with E-state index in [9.17, 15) is 14.4 Å². The number of amides is 3. The van der Waals surface area contributed by atoms with Crippen LogP contribution in [0.25, 0.3) is 0 Å². The first-order valence-electron chi connectivity index (χ1n) is 10.9. The molecule has 0 radical (unpaired) electrons. The summed E-state index contributed by atoms with van der Waals surface area (Å²) in [6, 6.07) is 18.3. The lowest BCUT2D eigenvalue weighted by atomic mass is 10.1. The lowest BCUT2D eigenvalue weighted by Crippen LogP contribution is -2.45. The quantitative estimate of drug-likeness (QED) is 0.322. The number of fused-ring (bicyclic) bond motifs is 1. The summed E-state index contributed by atoms with van der Waals surface area (Å²) in [4.78, 5) is 42.8. The van der Waals surface area contributed by atoms with E-state index in [4.69, 9.17) is 14.2 Å². The maximum atomic E-state index is 13.7. The van der Waals surface area contributed by atoms with Crippen LogP contribution in [0.2, 0.25) is 0 Å². The van der Waals surface area contributed by atoms with E-state index in [-0.39, 0.29) is 31.6 Å². The van der Waals surface area contributed by atoms with Crippen molar-refractivity contribution in [3.05, 3.63) is 81.4 Å². The molecular weight excluding hydrogens is 563 g/mol. The van der Waals surface area contributed by atoms with Crippen LogP contribution in [0.4, 0.5) is 5.69 Å². The van der Waals surface area contributed by atoms with Gasteiger partial charge in [0.1, 0.15) is 11.8 Å². The molecular formula is C26H21IN2O6. The molecule has 1 atom stereocenters. The van der Waals surface area contributed by atoms with Gasteiger partial charge in [-0.3, -0.25) is 14.4 Å². The van der Waals surface area contributed by atoms with E-state index in [0.717, 1.165) is 14.0 Å². The molecule has 9 heteroatoms. The molecule has 0 spiro atoms. The molecule has 2 aliphatic rings. The second kappa shape index (κ2) is 9.57. The van der Waals surface area contributed by atoms with E-state index >= 15 is 0 Å². The molecule has 3 aromatic carbocycles. The first kappa shape index (κ1) is 23.2. The maximum absolute atomic E-state index is 13.7. The van der Waals surface area contributed by atoms with Gasteiger partial charge >= 0.3 is 0 Å². The first-order chi connectivity index (χ1) is 16.9. The summed E-state index contributed by atoms with van der Waals surface area (Å²) >= 11 is 2.16. The average Bonchev–Trinajstić information content (AvgIpc) is 3.46. The number of anilines is 1. The summed E-state index contributed by atoms with van der Waals surface area (Å²) in [5, 5.41) is 0. The minimum atomic E-state index is -0.953. The van der Waals surface area contributed by atoms with Crippen molar-refractivity contribution < 1.29 is 28.6 Å². The Morgan fingerprint density at radius 3 is 2.60 bits per heavy atom. The fraction of sp³-hybridized carbons (Fsp3) is 0.192. The van der Waals surface area contributed by atoms with Gasteiger partial charge in [-0.05, 0) is 82.8 Å². The Hall–Kier alpha value is -3.60. The van der Waals surface area contributed by atoms with Crippen LogP contribution in [-0.4, -0.2) is 42.6 Å². The highest BCUT2D eigenvalue weighted by Crippen LogP contribution is 2.34. The molecule has 3 aromatic rings. The van der Waals surface area contributed by atoms with Crippen molar-refractivity contribution in [2.24, 2.45) is 0 Å². The largest absolute Gasteiger partial charge is 0.497 e. The van der Waals surface area contributed by atoms with Crippen molar-refractivity contribution in [3.63, 3.8) is 0 Å². The van der Waals surface area contributed by atoms with E-state index < -0.39 is 11.9 Å². The molecule has 1 saturated heterocycles. The number of hydrogen-bond acceptors (Lipinski definition) is 6. The number of hydrogen-bond donors (Lipinski definition) is 0. The van der Waals surface area contributed by atoms with Crippen LogP contribution in [0.5, 0.6) is 17.2 Å². The molecule has 0 aliphatic carbocycles. The molecule has 8 nitrogen and oxygen atoms in total. The Labute approximate surface area is 215 Å². The van der Waals surface area contributed by atoms with Gasteiger partial charge in [0.2, 0.25) is 12.7 Å². The predicted molar refractivity (Wildman–Crippen MR) is 135 cm³/mol. The van der Waals surface area contributed by atoms with Crippen molar-refractivity contribution >= 4 is 46.0 Å². The third-order valence-electron chi connectivity index (χ3n) is 5.95. The molecule has 2 heterocycles. The second-order valence-electron chi connectivity index (χ2n) is 8.12. The summed E-state index contributed by atoms with van der Waals surface area (Å²) < 4.78 is 17.1. The van der Waals surface area contributed by atoms with E-state index in [1.165, 1.54) is 12.0 Å². The number of halogens is 1. The summed E-state index contributed by atoms with van der Waals surface area (Å²) in [5.74, 6) is 0.552. The van der Waals surface area contributed by atoms with Crippen LogP contribution >= 0.6 is 22.6 Å². The Balaban J connectivity index is 1.50. The van der Waals surface area contributed by atoms with Gasteiger partial charge in [0.05, 0.1) is 19.2 Å². The Morgan fingerprint density at radius 2 is 1.83 bits per heavy atom. The van der Waals surface area contributed by atoms with Gasteiger partial charge in [0.25, 0.3) is 11.8 Å². The molecule has 1 fully saturated rings. The Morgan fingerprint density at radius 1 is 1.06 bits per heavy atom. The van der Waals surface area contributed by atoms with Gasteiger partial charge in [0.15, 0.2) is 11.5 Å². The van der Waals surface area contributed by atoms with Crippen LogP contribution in [0.15, 0.2) is 66.7 Å². The van der Waals surface area contributed by atoms with E-state index in [0.29, 0.717) is 28.5 Å². The summed E-state index contributed by atoms with van der Waals surface area (Å²) in [7, 11) is 1.52. The molecule has 0 bridgehead atoms. The fourth-order valence-corrected chi connectivity index (χ4v) is 4.56. The van der Waals surface area contributed by atoms with Crippen molar-refractivity contribution in [1.82, 2.24) is 4.90 Å².